The van der Waals surface area contributed by atoms with Crippen molar-refractivity contribution in [1.29, 1.82) is 0 Å². The van der Waals surface area contributed by atoms with Crippen molar-refractivity contribution in [2.75, 3.05) is 6.61 Å². The second-order valence-electron chi connectivity index (χ2n) is 4.35. The topological polar surface area (TPSA) is 67.4 Å². The highest BCUT2D eigenvalue weighted by molar-refractivity contribution is 5.95. The molecule has 1 aliphatic rings. The van der Waals surface area contributed by atoms with E-state index >= 15 is 0 Å². The van der Waals surface area contributed by atoms with Crippen LogP contribution in [0.15, 0.2) is 24.3 Å². The van der Waals surface area contributed by atoms with Crippen molar-refractivity contribution in [2.45, 2.75) is 25.8 Å². The average molecular weight is 248 g/mol. The van der Waals surface area contributed by atoms with Crippen molar-refractivity contribution < 1.29 is 14.3 Å². The summed E-state index contributed by atoms with van der Waals surface area (Å²) in [6, 6.07) is 7.19. The zero-order chi connectivity index (χ0) is 13.0. The second-order valence-corrected chi connectivity index (χ2v) is 4.35. The standard InChI is InChI=1S/C13H16N2O3/c1-9-4-2-3-5-11(9)18-8-12(16)15-13(17)14-10-6-7-10/h2-5,10H,6-8H2,1H3,(H2,14,15,16,17). The Kier molecular flexibility index (Phi) is 3.82. The minimum Gasteiger partial charge on any atom is -0.483 e. The number of para-hydroxylation sites is 1. The summed E-state index contributed by atoms with van der Waals surface area (Å²) in [5, 5.41) is 4.89. The summed E-state index contributed by atoms with van der Waals surface area (Å²) < 4.78 is 5.33. The highest BCUT2D eigenvalue weighted by Gasteiger charge is 2.23. The lowest BCUT2D eigenvalue weighted by Crippen LogP contribution is -2.42. The first kappa shape index (κ1) is 12.4. The van der Waals surface area contributed by atoms with Crippen LogP contribution in [0.25, 0.3) is 0 Å². The summed E-state index contributed by atoms with van der Waals surface area (Å²) >= 11 is 0. The number of imide groups is 1. The van der Waals surface area contributed by atoms with E-state index < -0.39 is 11.9 Å². The molecule has 0 bridgehead atoms. The van der Waals surface area contributed by atoms with Crippen molar-refractivity contribution in [1.82, 2.24) is 10.6 Å². The van der Waals surface area contributed by atoms with Crippen LogP contribution in [0.3, 0.4) is 0 Å². The molecule has 0 unspecified atom stereocenters. The van der Waals surface area contributed by atoms with Crippen molar-refractivity contribution in [3.8, 4) is 5.75 Å². The number of benzene rings is 1. The zero-order valence-corrected chi connectivity index (χ0v) is 10.2. The van der Waals surface area contributed by atoms with Crippen LogP contribution in [0.5, 0.6) is 5.75 Å². The molecule has 3 amide bonds. The Morgan fingerprint density at radius 2 is 2.06 bits per heavy atom. The van der Waals surface area contributed by atoms with Gasteiger partial charge < -0.3 is 10.1 Å². The van der Waals surface area contributed by atoms with Gasteiger partial charge in [0.05, 0.1) is 0 Å². The Morgan fingerprint density at radius 1 is 1.33 bits per heavy atom. The molecule has 0 aromatic heterocycles. The molecule has 0 saturated heterocycles. The number of aryl methyl sites for hydroxylation is 1. The molecule has 0 radical (unpaired) electrons. The van der Waals surface area contributed by atoms with Crippen molar-refractivity contribution in [2.24, 2.45) is 0 Å². The molecule has 0 atom stereocenters. The van der Waals surface area contributed by atoms with Crippen LogP contribution in [-0.4, -0.2) is 24.6 Å². The molecule has 5 heteroatoms. The van der Waals surface area contributed by atoms with E-state index in [1.165, 1.54) is 0 Å². The van der Waals surface area contributed by atoms with Crippen LogP contribution in [0, 0.1) is 6.92 Å². The molecule has 18 heavy (non-hydrogen) atoms. The number of hydrogen-bond acceptors (Lipinski definition) is 3. The number of ether oxygens (including phenoxy) is 1. The minimum atomic E-state index is -0.448. The van der Waals surface area contributed by atoms with E-state index in [9.17, 15) is 9.59 Å². The molecule has 2 N–H and O–H groups in total. The predicted octanol–water partition coefficient (Wildman–Crippen LogP) is 1.36. The molecule has 1 aromatic rings. The van der Waals surface area contributed by atoms with Crippen LogP contribution in [0.4, 0.5) is 4.79 Å². The number of nitrogens with one attached hydrogen (secondary N) is 2. The maximum atomic E-state index is 11.4. The number of hydrogen-bond donors (Lipinski definition) is 2. The van der Waals surface area contributed by atoms with Crippen LogP contribution in [-0.2, 0) is 4.79 Å². The lowest BCUT2D eigenvalue weighted by molar-refractivity contribution is -0.122. The third kappa shape index (κ3) is 3.76. The molecule has 2 rings (SSSR count). The molecule has 1 fully saturated rings. The smallest absolute Gasteiger partial charge is 0.321 e. The lowest BCUT2D eigenvalue weighted by atomic mass is 10.2. The van der Waals surface area contributed by atoms with Crippen LogP contribution in [0.2, 0.25) is 0 Å². The van der Waals surface area contributed by atoms with Gasteiger partial charge in [0.1, 0.15) is 5.75 Å². The van der Waals surface area contributed by atoms with Gasteiger partial charge in [0.2, 0.25) is 0 Å². The van der Waals surface area contributed by atoms with Crippen molar-refractivity contribution in [3.63, 3.8) is 0 Å². The summed E-state index contributed by atoms with van der Waals surface area (Å²) in [7, 11) is 0. The van der Waals surface area contributed by atoms with Gasteiger partial charge in [-0.3, -0.25) is 10.1 Å². The van der Waals surface area contributed by atoms with Gasteiger partial charge in [0, 0.05) is 6.04 Å². The Labute approximate surface area is 106 Å². The molecule has 0 spiro atoms. The molecule has 5 nitrogen and oxygen atoms in total. The molecular weight excluding hydrogens is 232 g/mol. The Hall–Kier alpha value is -2.04. The van der Waals surface area contributed by atoms with Crippen LogP contribution >= 0.6 is 0 Å². The molecule has 96 valence electrons. The van der Waals surface area contributed by atoms with Crippen molar-refractivity contribution >= 4 is 11.9 Å². The van der Waals surface area contributed by atoms with Crippen LogP contribution < -0.4 is 15.4 Å². The first-order valence-electron chi connectivity index (χ1n) is 5.94. The van der Waals surface area contributed by atoms with E-state index in [0.717, 1.165) is 18.4 Å². The first-order valence-corrected chi connectivity index (χ1v) is 5.94. The highest BCUT2D eigenvalue weighted by Crippen LogP contribution is 2.18. The summed E-state index contributed by atoms with van der Waals surface area (Å²) in [5.74, 6) is 0.201. The van der Waals surface area contributed by atoms with Gasteiger partial charge in [-0.2, -0.15) is 0 Å². The average Bonchev–Trinajstić information content (AvgIpc) is 3.11. The van der Waals surface area contributed by atoms with Crippen molar-refractivity contribution in [3.05, 3.63) is 29.8 Å². The molecular formula is C13H16N2O3. The van der Waals surface area contributed by atoms with E-state index in [4.69, 9.17) is 4.74 Å². The van der Waals surface area contributed by atoms with Crippen LogP contribution in [0.1, 0.15) is 18.4 Å². The lowest BCUT2D eigenvalue weighted by Gasteiger charge is -2.09. The number of carbonyl (C=O) groups excluding carboxylic acids is 2. The second kappa shape index (κ2) is 5.53. The third-order valence-corrected chi connectivity index (χ3v) is 2.62. The van der Waals surface area contributed by atoms with E-state index in [2.05, 4.69) is 10.6 Å². The number of amides is 3. The summed E-state index contributed by atoms with van der Waals surface area (Å²) in [4.78, 5) is 22.7. The Morgan fingerprint density at radius 3 is 2.72 bits per heavy atom. The predicted molar refractivity (Wildman–Crippen MR) is 66.4 cm³/mol. The van der Waals surface area contributed by atoms with Gasteiger partial charge in [-0.05, 0) is 31.4 Å². The summed E-state index contributed by atoms with van der Waals surface area (Å²) in [6.07, 6.45) is 1.97. The number of carbonyl (C=O) groups is 2. The maximum absolute atomic E-state index is 11.4. The fraction of sp³-hybridized carbons (Fsp3) is 0.385. The quantitative estimate of drug-likeness (QED) is 0.845. The fourth-order valence-electron chi connectivity index (χ4n) is 1.47. The zero-order valence-electron chi connectivity index (χ0n) is 10.2. The maximum Gasteiger partial charge on any atom is 0.321 e. The van der Waals surface area contributed by atoms with Gasteiger partial charge in [-0.25, -0.2) is 4.79 Å². The SMILES string of the molecule is Cc1ccccc1OCC(=O)NC(=O)NC1CC1. The number of rotatable bonds is 4. The highest BCUT2D eigenvalue weighted by atomic mass is 16.5. The molecule has 0 heterocycles. The van der Waals surface area contributed by atoms with Gasteiger partial charge in [-0.15, -0.1) is 0 Å². The van der Waals surface area contributed by atoms with E-state index in [-0.39, 0.29) is 12.6 Å². The van der Waals surface area contributed by atoms with Gasteiger partial charge in [0.15, 0.2) is 6.61 Å². The summed E-state index contributed by atoms with van der Waals surface area (Å²) in [6.45, 7) is 1.73. The minimum absolute atomic E-state index is 0.164. The van der Waals surface area contributed by atoms with E-state index in [0.29, 0.717) is 5.75 Å². The van der Waals surface area contributed by atoms with Gasteiger partial charge in [0.25, 0.3) is 5.91 Å². The molecule has 1 aliphatic carbocycles. The van der Waals surface area contributed by atoms with E-state index in [1.54, 1.807) is 6.07 Å². The Balaban J connectivity index is 1.74. The normalized spacial score (nSPS) is 13.8. The summed E-state index contributed by atoms with van der Waals surface area (Å²) in [5.41, 5.74) is 0.952. The Bertz CT molecular complexity index is 455. The van der Waals surface area contributed by atoms with Gasteiger partial charge >= 0.3 is 6.03 Å². The third-order valence-electron chi connectivity index (χ3n) is 2.62. The molecule has 1 aromatic carbocycles. The van der Waals surface area contributed by atoms with E-state index in [1.807, 2.05) is 25.1 Å². The monoisotopic (exact) mass is 248 g/mol. The molecule has 0 aliphatic heterocycles. The molecule has 1 saturated carbocycles. The number of urea groups is 1. The van der Waals surface area contributed by atoms with Gasteiger partial charge in [-0.1, -0.05) is 18.2 Å². The largest absolute Gasteiger partial charge is 0.483 e. The first-order chi connectivity index (χ1) is 8.65. The fourth-order valence-corrected chi connectivity index (χ4v) is 1.47.